The van der Waals surface area contributed by atoms with E-state index in [9.17, 15) is 13.2 Å². The van der Waals surface area contributed by atoms with Gasteiger partial charge >= 0.3 is 0 Å². The summed E-state index contributed by atoms with van der Waals surface area (Å²) in [6.45, 7) is 1.67. The molecule has 0 spiro atoms. The number of carbonyl (C=O) groups excluding carboxylic acids is 1. The molecule has 126 valence electrons. The Labute approximate surface area is 141 Å². The van der Waals surface area contributed by atoms with Crippen molar-refractivity contribution in [2.24, 2.45) is 5.73 Å². The molecule has 1 aromatic rings. The topological polar surface area (TPSA) is 92.5 Å². The first-order valence-corrected chi connectivity index (χ1v) is 9.35. The molecule has 0 bridgehead atoms. The van der Waals surface area contributed by atoms with E-state index < -0.39 is 10.0 Å². The molecule has 9 heteroatoms. The van der Waals surface area contributed by atoms with Crippen LogP contribution < -0.4 is 11.1 Å². The molecule has 6 nitrogen and oxygen atoms in total. The number of carbonyl (C=O) groups is 1. The number of hydrogen-bond donors (Lipinski definition) is 2. The number of piperidine rings is 1. The molecular formula is C13H22ClN3O3S2. The fourth-order valence-electron chi connectivity index (χ4n) is 2.26. The van der Waals surface area contributed by atoms with Gasteiger partial charge in [-0.3, -0.25) is 4.79 Å². The molecule has 1 amide bonds. The molecule has 0 unspecified atom stereocenters. The van der Waals surface area contributed by atoms with E-state index in [-0.39, 0.29) is 24.9 Å². The molecule has 0 aliphatic carbocycles. The number of hydrogen-bond acceptors (Lipinski definition) is 5. The van der Waals surface area contributed by atoms with Crippen LogP contribution in [0.15, 0.2) is 16.3 Å². The lowest BCUT2D eigenvalue weighted by atomic mass is 10.2. The van der Waals surface area contributed by atoms with Gasteiger partial charge in [-0.2, -0.15) is 4.31 Å². The highest BCUT2D eigenvalue weighted by atomic mass is 35.5. The van der Waals surface area contributed by atoms with Gasteiger partial charge in [0.2, 0.25) is 5.91 Å². The van der Waals surface area contributed by atoms with Crippen LogP contribution in [0.1, 0.15) is 24.1 Å². The highest BCUT2D eigenvalue weighted by Gasteiger charge is 2.27. The first-order valence-electron chi connectivity index (χ1n) is 7.09. The molecule has 1 aromatic heterocycles. The van der Waals surface area contributed by atoms with Crippen molar-refractivity contribution >= 4 is 39.7 Å². The molecule has 1 saturated heterocycles. The fraction of sp³-hybridized carbons (Fsp3) is 0.615. The van der Waals surface area contributed by atoms with Crippen LogP contribution in [0.4, 0.5) is 0 Å². The predicted octanol–water partition coefficient (Wildman–Crippen LogP) is 0.962. The van der Waals surface area contributed by atoms with Gasteiger partial charge in [0.15, 0.2) is 0 Å². The highest BCUT2D eigenvalue weighted by Crippen LogP contribution is 2.27. The zero-order valence-corrected chi connectivity index (χ0v) is 14.7. The Morgan fingerprint density at radius 2 is 1.95 bits per heavy atom. The van der Waals surface area contributed by atoms with Crippen LogP contribution in [0, 0.1) is 0 Å². The summed E-state index contributed by atoms with van der Waals surface area (Å²) >= 11 is 1.28. The number of thiophene rings is 1. The third-order valence-electron chi connectivity index (χ3n) is 3.43. The number of halogens is 1. The summed E-state index contributed by atoms with van der Waals surface area (Å²) in [5.41, 5.74) is 5.20. The van der Waals surface area contributed by atoms with Crippen molar-refractivity contribution in [1.29, 1.82) is 0 Å². The minimum Gasteiger partial charge on any atom is -0.355 e. The smallest absolute Gasteiger partial charge is 0.252 e. The van der Waals surface area contributed by atoms with Gasteiger partial charge in [0.25, 0.3) is 10.0 Å². The van der Waals surface area contributed by atoms with Crippen molar-refractivity contribution in [2.75, 3.05) is 26.2 Å². The zero-order chi connectivity index (χ0) is 15.3. The number of sulfonamides is 1. The van der Waals surface area contributed by atoms with E-state index >= 15 is 0 Å². The minimum atomic E-state index is -3.34. The molecule has 1 aliphatic rings. The normalized spacial score (nSPS) is 16.0. The van der Waals surface area contributed by atoms with Crippen LogP contribution >= 0.6 is 23.7 Å². The van der Waals surface area contributed by atoms with Gasteiger partial charge in [0.05, 0.1) is 6.54 Å². The van der Waals surface area contributed by atoms with Crippen LogP contribution in [0.2, 0.25) is 0 Å². The Bertz CT molecular complexity index is 583. The molecule has 2 rings (SSSR count). The van der Waals surface area contributed by atoms with Crippen LogP contribution in [-0.2, 0) is 21.2 Å². The molecule has 0 aromatic carbocycles. The van der Waals surface area contributed by atoms with Gasteiger partial charge in [-0.15, -0.1) is 23.7 Å². The molecule has 0 saturated carbocycles. The Morgan fingerprint density at radius 3 is 2.59 bits per heavy atom. The third-order valence-corrected chi connectivity index (χ3v) is 6.94. The van der Waals surface area contributed by atoms with Gasteiger partial charge in [-0.25, -0.2) is 8.42 Å². The standard InChI is InChI=1S/C13H21N3O3S2.ClH/c14-10-12(17)15-7-6-11-4-5-13(20-11)21(18,19)16-8-2-1-3-9-16;/h4-5H,1-3,6-10,14H2,(H,15,17);1H. The van der Waals surface area contributed by atoms with E-state index in [1.165, 1.54) is 11.3 Å². The quantitative estimate of drug-likeness (QED) is 0.783. The molecule has 22 heavy (non-hydrogen) atoms. The summed E-state index contributed by atoms with van der Waals surface area (Å²) in [4.78, 5) is 12.0. The van der Waals surface area contributed by atoms with Gasteiger partial charge in [0.1, 0.15) is 4.21 Å². The lowest BCUT2D eigenvalue weighted by Crippen LogP contribution is -2.35. The molecular weight excluding hydrogens is 346 g/mol. The summed E-state index contributed by atoms with van der Waals surface area (Å²) in [5, 5.41) is 2.68. The summed E-state index contributed by atoms with van der Waals surface area (Å²) in [5.74, 6) is -0.201. The molecule has 1 aliphatic heterocycles. The van der Waals surface area contributed by atoms with Crippen molar-refractivity contribution < 1.29 is 13.2 Å². The van der Waals surface area contributed by atoms with E-state index in [0.29, 0.717) is 30.3 Å². The van der Waals surface area contributed by atoms with E-state index in [2.05, 4.69) is 5.32 Å². The summed E-state index contributed by atoms with van der Waals surface area (Å²) < 4.78 is 26.9. The second-order valence-corrected chi connectivity index (χ2v) is 8.32. The van der Waals surface area contributed by atoms with Gasteiger partial charge in [-0.1, -0.05) is 6.42 Å². The molecule has 3 N–H and O–H groups in total. The Hall–Kier alpha value is -0.670. The number of amides is 1. The van der Waals surface area contributed by atoms with Gasteiger partial charge < -0.3 is 11.1 Å². The fourth-order valence-corrected chi connectivity index (χ4v) is 5.29. The van der Waals surface area contributed by atoms with Crippen LogP contribution in [0.3, 0.4) is 0 Å². The van der Waals surface area contributed by atoms with Crippen molar-refractivity contribution in [1.82, 2.24) is 9.62 Å². The van der Waals surface area contributed by atoms with Gasteiger partial charge in [-0.05, 0) is 31.4 Å². The van der Waals surface area contributed by atoms with Crippen molar-refractivity contribution in [3.8, 4) is 0 Å². The molecule has 0 radical (unpaired) electrons. The van der Waals surface area contributed by atoms with Crippen LogP contribution in [-0.4, -0.2) is 44.8 Å². The first-order chi connectivity index (χ1) is 10.0. The lowest BCUT2D eigenvalue weighted by Gasteiger charge is -2.25. The maximum atomic E-state index is 12.5. The minimum absolute atomic E-state index is 0. The second-order valence-electron chi connectivity index (χ2n) is 4.99. The average Bonchev–Trinajstić information content (AvgIpc) is 2.97. The number of nitrogens with two attached hydrogens (primary N) is 1. The third kappa shape index (κ3) is 4.92. The van der Waals surface area contributed by atoms with Crippen molar-refractivity contribution in [3.63, 3.8) is 0 Å². The lowest BCUT2D eigenvalue weighted by molar-refractivity contribution is -0.119. The Balaban J connectivity index is 0.00000242. The van der Waals surface area contributed by atoms with Crippen LogP contribution in [0.25, 0.3) is 0 Å². The average molecular weight is 368 g/mol. The van der Waals surface area contributed by atoms with Crippen molar-refractivity contribution in [3.05, 3.63) is 17.0 Å². The molecule has 2 heterocycles. The monoisotopic (exact) mass is 367 g/mol. The van der Waals surface area contributed by atoms with E-state index in [1.807, 2.05) is 6.07 Å². The largest absolute Gasteiger partial charge is 0.355 e. The second kappa shape index (κ2) is 8.83. The van der Waals surface area contributed by atoms with Crippen LogP contribution in [0.5, 0.6) is 0 Å². The summed E-state index contributed by atoms with van der Waals surface area (Å²) in [6, 6.07) is 3.48. The number of nitrogens with one attached hydrogen (secondary N) is 1. The maximum absolute atomic E-state index is 12.5. The zero-order valence-electron chi connectivity index (χ0n) is 12.3. The number of rotatable bonds is 6. The Kier molecular flexibility index (Phi) is 7.78. The molecule has 0 atom stereocenters. The van der Waals surface area contributed by atoms with Gasteiger partial charge in [0, 0.05) is 24.5 Å². The number of nitrogens with zero attached hydrogens (tertiary/aromatic N) is 1. The molecule has 1 fully saturated rings. The van der Waals surface area contributed by atoms with E-state index in [1.54, 1.807) is 10.4 Å². The Morgan fingerprint density at radius 1 is 1.27 bits per heavy atom. The van der Waals surface area contributed by atoms with Crippen molar-refractivity contribution in [2.45, 2.75) is 29.9 Å². The van der Waals surface area contributed by atoms with E-state index in [0.717, 1.165) is 24.1 Å². The summed E-state index contributed by atoms with van der Waals surface area (Å²) in [7, 11) is -3.34. The highest BCUT2D eigenvalue weighted by molar-refractivity contribution is 7.91. The van der Waals surface area contributed by atoms with E-state index in [4.69, 9.17) is 5.73 Å². The maximum Gasteiger partial charge on any atom is 0.252 e. The SMILES string of the molecule is Cl.NCC(=O)NCCc1ccc(S(=O)(=O)N2CCCCC2)s1. The predicted molar refractivity (Wildman–Crippen MR) is 89.9 cm³/mol. The first kappa shape index (κ1) is 19.4. The summed E-state index contributed by atoms with van der Waals surface area (Å²) in [6.07, 6.45) is 3.58.